The van der Waals surface area contributed by atoms with Gasteiger partial charge in [-0.1, -0.05) is 18.2 Å². The third kappa shape index (κ3) is 4.61. The van der Waals surface area contributed by atoms with E-state index in [1.54, 1.807) is 12.1 Å². The van der Waals surface area contributed by atoms with Crippen LogP contribution in [0.1, 0.15) is 22.8 Å². The van der Waals surface area contributed by atoms with E-state index in [1.807, 2.05) is 30.3 Å². The first-order valence-electron chi connectivity index (χ1n) is 11.2. The van der Waals surface area contributed by atoms with Gasteiger partial charge in [-0.2, -0.15) is 0 Å². The molecule has 176 valence electrons. The normalized spacial score (nSPS) is 18.0. The van der Waals surface area contributed by atoms with Gasteiger partial charge in [0.15, 0.2) is 11.6 Å². The van der Waals surface area contributed by atoms with Crippen LogP contribution in [-0.4, -0.2) is 42.9 Å². The van der Waals surface area contributed by atoms with Crippen LogP contribution in [0, 0.1) is 17.6 Å². The summed E-state index contributed by atoms with van der Waals surface area (Å²) >= 11 is 0. The third-order valence-corrected chi connectivity index (χ3v) is 6.19. The van der Waals surface area contributed by atoms with Gasteiger partial charge in [-0.05, 0) is 59.7 Å². The lowest BCUT2D eigenvalue weighted by atomic mass is 9.91. The minimum Gasteiger partial charge on any atom is -0.508 e. The highest BCUT2D eigenvalue weighted by Gasteiger charge is 2.27. The molecule has 1 N–H and O–H groups in total. The van der Waals surface area contributed by atoms with E-state index in [-0.39, 0.29) is 18.3 Å². The van der Waals surface area contributed by atoms with Crippen molar-refractivity contribution in [1.29, 1.82) is 0 Å². The molecule has 1 fully saturated rings. The van der Waals surface area contributed by atoms with Gasteiger partial charge in [0, 0.05) is 36.7 Å². The fraction of sp³-hybridized carbons (Fsp3) is 0.259. The predicted molar refractivity (Wildman–Crippen MR) is 124 cm³/mol. The molecule has 3 aromatic carbocycles. The Morgan fingerprint density at radius 1 is 0.971 bits per heavy atom. The van der Waals surface area contributed by atoms with Gasteiger partial charge in [0.25, 0.3) is 0 Å². The van der Waals surface area contributed by atoms with Crippen molar-refractivity contribution in [2.75, 3.05) is 32.9 Å². The van der Waals surface area contributed by atoms with Crippen molar-refractivity contribution in [1.82, 2.24) is 4.90 Å². The number of aromatic hydroxyl groups is 1. The third-order valence-electron chi connectivity index (χ3n) is 6.19. The molecule has 3 aromatic rings. The molecule has 0 saturated carbocycles. The fourth-order valence-corrected chi connectivity index (χ4v) is 4.34. The first kappa shape index (κ1) is 22.3. The molecule has 1 unspecified atom stereocenters. The second-order valence-corrected chi connectivity index (χ2v) is 8.65. The number of hydrogen-bond acceptors (Lipinski definition) is 4. The molecule has 0 amide bonds. The maximum Gasteiger partial charge on any atom is 0.159 e. The molecule has 2 aliphatic heterocycles. The molecule has 34 heavy (non-hydrogen) atoms. The van der Waals surface area contributed by atoms with Crippen LogP contribution < -0.4 is 9.47 Å². The van der Waals surface area contributed by atoms with Gasteiger partial charge < -0.3 is 14.6 Å². The van der Waals surface area contributed by atoms with E-state index >= 15 is 0 Å². The zero-order valence-corrected chi connectivity index (χ0v) is 18.4. The van der Waals surface area contributed by atoms with Crippen LogP contribution in [0.5, 0.6) is 17.2 Å². The smallest absolute Gasteiger partial charge is 0.159 e. The highest BCUT2D eigenvalue weighted by atomic mass is 19.2. The summed E-state index contributed by atoms with van der Waals surface area (Å²) in [5.74, 6) is -0.345. The van der Waals surface area contributed by atoms with E-state index in [0.717, 1.165) is 37.3 Å². The molecular weight excluding hydrogens is 443 g/mol. The van der Waals surface area contributed by atoms with Crippen molar-refractivity contribution in [3.05, 3.63) is 89.0 Å². The number of halogens is 3. The lowest BCUT2D eigenvalue weighted by molar-refractivity contribution is 0.0668. The average molecular weight is 467 g/mol. The Morgan fingerprint density at radius 3 is 2.50 bits per heavy atom. The highest BCUT2D eigenvalue weighted by molar-refractivity contribution is 5.88. The van der Waals surface area contributed by atoms with Crippen molar-refractivity contribution >= 4 is 11.6 Å². The number of benzene rings is 3. The first-order chi connectivity index (χ1) is 16.5. The molecular formula is C27H24F3NO3. The topological polar surface area (TPSA) is 41.9 Å². The summed E-state index contributed by atoms with van der Waals surface area (Å²) in [5, 5.41) is 9.86. The maximum absolute atomic E-state index is 14.0. The number of phenols is 1. The van der Waals surface area contributed by atoms with Gasteiger partial charge in [0.2, 0.25) is 0 Å². The van der Waals surface area contributed by atoms with Crippen LogP contribution in [0.25, 0.3) is 11.6 Å². The van der Waals surface area contributed by atoms with E-state index in [0.29, 0.717) is 34.8 Å². The minimum absolute atomic E-state index is 0.0848. The Hall–Kier alpha value is -3.45. The van der Waals surface area contributed by atoms with Crippen LogP contribution in [-0.2, 0) is 0 Å². The fourth-order valence-electron chi connectivity index (χ4n) is 4.34. The molecule has 4 nitrogen and oxygen atoms in total. The minimum atomic E-state index is -0.942. The number of rotatable bonds is 7. The largest absolute Gasteiger partial charge is 0.508 e. The van der Waals surface area contributed by atoms with Crippen molar-refractivity contribution in [2.45, 2.75) is 6.10 Å². The van der Waals surface area contributed by atoms with Crippen LogP contribution >= 0.6 is 0 Å². The number of fused-ring (bicyclic) bond motifs is 1. The number of hydrogen-bond donors (Lipinski definition) is 1. The van der Waals surface area contributed by atoms with Crippen molar-refractivity contribution < 1.29 is 27.8 Å². The summed E-state index contributed by atoms with van der Waals surface area (Å²) < 4.78 is 52.1. The molecule has 2 heterocycles. The Balaban J connectivity index is 1.35. The van der Waals surface area contributed by atoms with Gasteiger partial charge in [0.05, 0.1) is 6.67 Å². The van der Waals surface area contributed by atoms with Crippen molar-refractivity contribution in [3.8, 4) is 17.2 Å². The monoisotopic (exact) mass is 467 g/mol. The summed E-state index contributed by atoms with van der Waals surface area (Å²) in [6, 6.07) is 16.0. The van der Waals surface area contributed by atoms with E-state index in [1.165, 1.54) is 12.1 Å². The van der Waals surface area contributed by atoms with Crippen LogP contribution in [0.3, 0.4) is 0 Å². The molecule has 0 aromatic heterocycles. The molecule has 0 radical (unpaired) electrons. The van der Waals surface area contributed by atoms with Crippen LogP contribution in [0.15, 0.2) is 60.7 Å². The van der Waals surface area contributed by atoms with Crippen molar-refractivity contribution in [2.24, 2.45) is 5.92 Å². The summed E-state index contributed by atoms with van der Waals surface area (Å²) in [4.78, 5) is 2.16. The Labute approximate surface area is 195 Å². The lowest BCUT2D eigenvalue weighted by Gasteiger charge is -2.37. The van der Waals surface area contributed by atoms with Gasteiger partial charge in [-0.15, -0.1) is 0 Å². The molecule has 0 bridgehead atoms. The summed E-state index contributed by atoms with van der Waals surface area (Å²) in [5.41, 5.74) is 2.60. The number of likely N-dealkylation sites (tertiary alicyclic amines) is 1. The Bertz CT molecular complexity index is 1210. The van der Waals surface area contributed by atoms with Gasteiger partial charge in [-0.25, -0.2) is 8.78 Å². The Morgan fingerprint density at radius 2 is 1.76 bits per heavy atom. The lowest BCUT2D eigenvalue weighted by Crippen LogP contribution is -2.49. The molecule has 5 rings (SSSR count). The quantitative estimate of drug-likeness (QED) is 0.490. The van der Waals surface area contributed by atoms with Crippen molar-refractivity contribution in [3.63, 3.8) is 0 Å². The predicted octanol–water partition coefficient (Wildman–Crippen LogP) is 5.62. The van der Waals surface area contributed by atoms with Crippen LogP contribution in [0.2, 0.25) is 0 Å². The number of phenolic OH excluding ortho intramolecular Hbond substituents is 1. The molecule has 1 atom stereocenters. The van der Waals surface area contributed by atoms with Gasteiger partial charge in [0.1, 0.15) is 30.0 Å². The highest BCUT2D eigenvalue weighted by Crippen LogP contribution is 2.43. The number of ether oxygens (including phenoxy) is 2. The molecule has 0 spiro atoms. The average Bonchev–Trinajstić information content (AvgIpc) is 2.82. The van der Waals surface area contributed by atoms with Crippen LogP contribution in [0.4, 0.5) is 13.2 Å². The van der Waals surface area contributed by atoms with E-state index in [2.05, 4.69) is 4.90 Å². The SMILES string of the molecule is Oc1ccc2c(c1)C=C(c1ccc(F)c(F)c1)C(c1ccc(OCCN3CC(CF)C3)cc1)O2. The van der Waals surface area contributed by atoms with Gasteiger partial charge >= 0.3 is 0 Å². The maximum atomic E-state index is 14.0. The molecule has 7 heteroatoms. The standard InChI is InChI=1S/C27H24F3NO3/c28-14-17-15-31(16-17)9-10-33-22-5-1-18(2-6-22)27-23(19-3-7-24(29)25(30)13-19)12-20-11-21(32)4-8-26(20)34-27/h1-8,11-13,17,27,32H,9-10,14-16H2. The first-order valence-corrected chi connectivity index (χ1v) is 11.2. The molecule has 1 saturated heterocycles. The molecule has 2 aliphatic rings. The Kier molecular flexibility index (Phi) is 6.20. The van der Waals surface area contributed by atoms with E-state index in [9.17, 15) is 18.3 Å². The van der Waals surface area contributed by atoms with Gasteiger partial charge in [-0.3, -0.25) is 9.29 Å². The number of alkyl halides is 1. The molecule has 0 aliphatic carbocycles. The zero-order chi connectivity index (χ0) is 23.7. The summed E-state index contributed by atoms with van der Waals surface area (Å²) in [6.45, 7) is 2.53. The second kappa shape index (κ2) is 9.43. The van der Waals surface area contributed by atoms with E-state index in [4.69, 9.17) is 9.47 Å². The van der Waals surface area contributed by atoms with E-state index < -0.39 is 17.7 Å². The number of nitrogens with zero attached hydrogens (tertiary/aromatic N) is 1. The summed E-state index contributed by atoms with van der Waals surface area (Å²) in [6.07, 6.45) is 1.26. The zero-order valence-electron chi connectivity index (χ0n) is 18.4. The second-order valence-electron chi connectivity index (χ2n) is 8.65. The summed E-state index contributed by atoms with van der Waals surface area (Å²) in [7, 11) is 0.